The zero-order valence-electron chi connectivity index (χ0n) is 12.6. The van der Waals surface area contributed by atoms with Crippen LogP contribution in [0.4, 0.5) is 0 Å². The van der Waals surface area contributed by atoms with Gasteiger partial charge in [-0.3, -0.25) is 0 Å². The Balaban J connectivity index is 2.02. The van der Waals surface area contributed by atoms with Crippen molar-refractivity contribution in [2.45, 2.75) is 38.6 Å². The first-order valence-corrected chi connectivity index (χ1v) is 7.49. The molecule has 0 aromatic carbocycles. The van der Waals surface area contributed by atoms with Crippen LogP contribution in [0.5, 0.6) is 0 Å². The number of fused-ring (bicyclic) bond motifs is 1. The lowest BCUT2D eigenvalue weighted by Gasteiger charge is -2.22. The van der Waals surface area contributed by atoms with Crippen LogP contribution >= 0.6 is 0 Å². The van der Waals surface area contributed by atoms with E-state index < -0.39 is 0 Å². The molecular formula is C16H21N3O2. The van der Waals surface area contributed by atoms with Gasteiger partial charge in [0.2, 0.25) is 0 Å². The van der Waals surface area contributed by atoms with E-state index in [4.69, 9.17) is 4.74 Å². The van der Waals surface area contributed by atoms with E-state index in [9.17, 15) is 4.79 Å². The highest BCUT2D eigenvalue weighted by Gasteiger charge is 2.22. The van der Waals surface area contributed by atoms with E-state index in [2.05, 4.69) is 10.3 Å². The van der Waals surface area contributed by atoms with Gasteiger partial charge in [0.25, 0.3) is 0 Å². The standard InChI is InChI=1S/C16H21N3O2/c1-11-6-5-9-19-13(10-12-7-3-4-8-17-12)18-14(15(11)19)16(20)21-2/h5-6,9,12,17H,3-4,7-8,10H2,1-2H3. The van der Waals surface area contributed by atoms with Crippen LogP contribution in [0.2, 0.25) is 0 Å². The monoisotopic (exact) mass is 287 g/mol. The fourth-order valence-electron chi connectivity index (χ4n) is 3.07. The van der Waals surface area contributed by atoms with Crippen LogP contribution < -0.4 is 5.32 Å². The van der Waals surface area contributed by atoms with Crippen molar-refractivity contribution >= 4 is 11.5 Å². The molecule has 0 spiro atoms. The van der Waals surface area contributed by atoms with Gasteiger partial charge in [0.05, 0.1) is 12.6 Å². The molecule has 5 nitrogen and oxygen atoms in total. The van der Waals surface area contributed by atoms with Gasteiger partial charge in [0, 0.05) is 18.7 Å². The smallest absolute Gasteiger partial charge is 0.358 e. The van der Waals surface area contributed by atoms with Gasteiger partial charge in [-0.05, 0) is 37.9 Å². The summed E-state index contributed by atoms with van der Waals surface area (Å²) < 4.78 is 6.90. The summed E-state index contributed by atoms with van der Waals surface area (Å²) in [4.78, 5) is 16.5. The summed E-state index contributed by atoms with van der Waals surface area (Å²) in [6.07, 6.45) is 6.46. The van der Waals surface area contributed by atoms with Crippen LogP contribution in [-0.4, -0.2) is 35.1 Å². The van der Waals surface area contributed by atoms with Crippen LogP contribution in [0.3, 0.4) is 0 Å². The molecule has 0 bridgehead atoms. The average molecular weight is 287 g/mol. The molecule has 1 aliphatic rings. The maximum absolute atomic E-state index is 12.0. The van der Waals surface area contributed by atoms with Gasteiger partial charge in [-0.25, -0.2) is 9.78 Å². The number of methoxy groups -OCH3 is 1. The summed E-state index contributed by atoms with van der Waals surface area (Å²) in [5.74, 6) is 0.554. The van der Waals surface area contributed by atoms with Gasteiger partial charge in [-0.1, -0.05) is 12.5 Å². The lowest BCUT2D eigenvalue weighted by atomic mass is 10.0. The fraction of sp³-hybridized carbons (Fsp3) is 0.500. The van der Waals surface area contributed by atoms with Gasteiger partial charge >= 0.3 is 5.97 Å². The van der Waals surface area contributed by atoms with Crippen molar-refractivity contribution in [2.75, 3.05) is 13.7 Å². The maximum atomic E-state index is 12.0. The number of rotatable bonds is 3. The van der Waals surface area contributed by atoms with Crippen LogP contribution in [0, 0.1) is 6.92 Å². The molecule has 112 valence electrons. The van der Waals surface area contributed by atoms with E-state index in [1.165, 1.54) is 20.0 Å². The molecule has 2 aromatic rings. The highest BCUT2D eigenvalue weighted by molar-refractivity contribution is 5.96. The Morgan fingerprint density at radius 3 is 3.10 bits per heavy atom. The zero-order valence-corrected chi connectivity index (χ0v) is 12.6. The third-order valence-electron chi connectivity index (χ3n) is 4.16. The highest BCUT2D eigenvalue weighted by Crippen LogP contribution is 2.20. The first-order chi connectivity index (χ1) is 10.2. The number of carbonyl (C=O) groups is 1. The lowest BCUT2D eigenvalue weighted by Crippen LogP contribution is -2.36. The number of carbonyl (C=O) groups excluding carboxylic acids is 1. The molecule has 1 aliphatic heterocycles. The van der Waals surface area contributed by atoms with Crippen LogP contribution in [0.25, 0.3) is 5.52 Å². The van der Waals surface area contributed by atoms with Gasteiger partial charge in [0.1, 0.15) is 5.82 Å². The Bertz CT molecular complexity index is 657. The topological polar surface area (TPSA) is 55.6 Å². The first kappa shape index (κ1) is 14.1. The van der Waals surface area contributed by atoms with Crippen LogP contribution in [0.15, 0.2) is 18.3 Å². The van der Waals surface area contributed by atoms with Crippen LogP contribution in [-0.2, 0) is 11.2 Å². The number of nitrogens with zero attached hydrogens (tertiary/aromatic N) is 2. The second kappa shape index (κ2) is 5.85. The second-order valence-corrected chi connectivity index (χ2v) is 5.63. The van der Waals surface area contributed by atoms with Crippen molar-refractivity contribution in [2.24, 2.45) is 0 Å². The largest absolute Gasteiger partial charge is 0.464 e. The van der Waals surface area contributed by atoms with E-state index in [-0.39, 0.29) is 5.97 Å². The number of ether oxygens (including phenoxy) is 1. The molecule has 21 heavy (non-hydrogen) atoms. The minimum absolute atomic E-state index is 0.371. The molecule has 1 unspecified atom stereocenters. The number of pyridine rings is 1. The fourth-order valence-corrected chi connectivity index (χ4v) is 3.07. The van der Waals surface area contributed by atoms with Crippen molar-refractivity contribution in [3.8, 4) is 0 Å². The number of aromatic nitrogens is 2. The molecule has 2 aromatic heterocycles. The second-order valence-electron chi connectivity index (χ2n) is 5.63. The van der Waals surface area contributed by atoms with E-state index in [0.29, 0.717) is 11.7 Å². The van der Waals surface area contributed by atoms with Gasteiger partial charge in [0.15, 0.2) is 5.69 Å². The molecule has 5 heteroatoms. The first-order valence-electron chi connectivity index (χ1n) is 7.49. The van der Waals surface area contributed by atoms with E-state index in [0.717, 1.165) is 36.3 Å². The molecule has 1 fully saturated rings. The number of esters is 1. The molecule has 1 atom stereocenters. The Hall–Kier alpha value is -1.88. The summed E-state index contributed by atoms with van der Waals surface area (Å²) >= 11 is 0. The minimum Gasteiger partial charge on any atom is -0.464 e. The Morgan fingerprint density at radius 2 is 2.38 bits per heavy atom. The Morgan fingerprint density at radius 1 is 1.52 bits per heavy atom. The minimum atomic E-state index is -0.371. The zero-order chi connectivity index (χ0) is 14.8. The quantitative estimate of drug-likeness (QED) is 0.879. The van der Waals surface area contributed by atoms with Crippen LogP contribution in [0.1, 0.15) is 41.1 Å². The predicted octanol–water partition coefficient (Wildman–Crippen LogP) is 2.11. The van der Waals surface area contributed by atoms with Gasteiger partial charge in [-0.15, -0.1) is 0 Å². The van der Waals surface area contributed by atoms with E-state index >= 15 is 0 Å². The normalized spacial score (nSPS) is 18.9. The summed E-state index contributed by atoms with van der Waals surface area (Å²) in [6, 6.07) is 4.42. The van der Waals surface area contributed by atoms with Crippen molar-refractivity contribution in [1.29, 1.82) is 0 Å². The lowest BCUT2D eigenvalue weighted by molar-refractivity contribution is 0.0596. The van der Waals surface area contributed by atoms with Crippen molar-refractivity contribution in [3.05, 3.63) is 35.4 Å². The third kappa shape index (κ3) is 2.65. The van der Waals surface area contributed by atoms with Crippen molar-refractivity contribution in [1.82, 2.24) is 14.7 Å². The molecule has 3 heterocycles. The number of hydrogen-bond acceptors (Lipinski definition) is 4. The van der Waals surface area contributed by atoms with Gasteiger partial charge < -0.3 is 14.5 Å². The van der Waals surface area contributed by atoms with E-state index in [1.54, 1.807) is 0 Å². The number of nitrogens with one attached hydrogen (secondary N) is 1. The molecule has 1 saturated heterocycles. The number of hydrogen-bond donors (Lipinski definition) is 1. The molecule has 0 aliphatic carbocycles. The van der Waals surface area contributed by atoms with Crippen molar-refractivity contribution in [3.63, 3.8) is 0 Å². The number of aryl methyl sites for hydroxylation is 1. The Labute approximate surface area is 124 Å². The summed E-state index contributed by atoms with van der Waals surface area (Å²) in [6.45, 7) is 3.06. The average Bonchev–Trinajstić information content (AvgIpc) is 2.88. The third-order valence-corrected chi connectivity index (χ3v) is 4.16. The number of piperidine rings is 1. The predicted molar refractivity (Wildman–Crippen MR) is 80.6 cm³/mol. The molecular weight excluding hydrogens is 266 g/mol. The highest BCUT2D eigenvalue weighted by atomic mass is 16.5. The number of imidazole rings is 1. The molecule has 0 amide bonds. The maximum Gasteiger partial charge on any atom is 0.358 e. The van der Waals surface area contributed by atoms with E-state index in [1.807, 2.05) is 29.7 Å². The summed E-state index contributed by atoms with van der Waals surface area (Å²) in [7, 11) is 1.40. The molecule has 0 saturated carbocycles. The van der Waals surface area contributed by atoms with Crippen molar-refractivity contribution < 1.29 is 9.53 Å². The Kier molecular flexibility index (Phi) is 3.92. The molecule has 3 rings (SSSR count). The molecule has 0 radical (unpaired) electrons. The molecule has 1 N–H and O–H groups in total. The summed E-state index contributed by atoms with van der Waals surface area (Å²) in [5, 5.41) is 3.53. The van der Waals surface area contributed by atoms with Gasteiger partial charge in [-0.2, -0.15) is 0 Å². The summed E-state index contributed by atoms with van der Waals surface area (Å²) in [5.41, 5.74) is 2.31. The SMILES string of the molecule is COC(=O)c1nc(CC2CCCCN2)n2cccc(C)c12.